The summed E-state index contributed by atoms with van der Waals surface area (Å²) in [4.78, 5) is 4.78. The summed E-state index contributed by atoms with van der Waals surface area (Å²) in [5.41, 5.74) is 0.307. The van der Waals surface area contributed by atoms with Crippen LogP contribution >= 0.6 is 11.8 Å². The van der Waals surface area contributed by atoms with E-state index in [1.54, 1.807) is 0 Å². The Morgan fingerprint density at radius 1 is 1.31 bits per heavy atom. The highest BCUT2D eigenvalue weighted by Gasteiger charge is 2.33. The van der Waals surface area contributed by atoms with Gasteiger partial charge in [0.05, 0.1) is 6.04 Å². The molecule has 16 heavy (non-hydrogen) atoms. The molecule has 1 aliphatic heterocycles. The Kier molecular flexibility index (Phi) is 5.16. The van der Waals surface area contributed by atoms with Gasteiger partial charge >= 0.3 is 0 Å². The van der Waals surface area contributed by atoms with Crippen LogP contribution in [0.3, 0.4) is 0 Å². The van der Waals surface area contributed by atoms with Crippen LogP contribution in [0.15, 0.2) is 4.99 Å². The largest absolute Gasteiger partial charge is 0.359 e. The van der Waals surface area contributed by atoms with Crippen molar-refractivity contribution in [2.24, 2.45) is 10.9 Å². The third-order valence-corrected chi connectivity index (χ3v) is 4.54. The maximum atomic E-state index is 4.78. The average Bonchev–Trinajstić information content (AvgIpc) is 2.61. The van der Waals surface area contributed by atoms with E-state index in [-0.39, 0.29) is 0 Å². The average molecular weight is 242 g/mol. The van der Waals surface area contributed by atoms with E-state index in [9.17, 15) is 0 Å². The van der Waals surface area contributed by atoms with Crippen molar-refractivity contribution in [3.05, 3.63) is 0 Å². The number of amidine groups is 1. The van der Waals surface area contributed by atoms with Gasteiger partial charge in [-0.1, -0.05) is 39.5 Å². The fraction of sp³-hybridized carbons (Fsp3) is 0.923. The topological polar surface area (TPSA) is 24.4 Å². The number of hydrogen-bond donors (Lipinski definition) is 1. The number of nitrogens with one attached hydrogen (secondary N) is 1. The van der Waals surface area contributed by atoms with E-state index in [1.165, 1.54) is 25.0 Å². The molecule has 0 aromatic carbocycles. The molecule has 0 aromatic heterocycles. The molecule has 2 nitrogen and oxygen atoms in total. The minimum absolute atomic E-state index is 0.307. The fourth-order valence-corrected chi connectivity index (χ4v) is 3.58. The third kappa shape index (κ3) is 3.69. The molecule has 1 unspecified atom stereocenters. The van der Waals surface area contributed by atoms with Crippen LogP contribution in [0.25, 0.3) is 0 Å². The Morgan fingerprint density at radius 2 is 1.94 bits per heavy atom. The minimum Gasteiger partial charge on any atom is -0.359 e. The van der Waals surface area contributed by atoms with Gasteiger partial charge in [-0.05, 0) is 32.1 Å². The summed E-state index contributed by atoms with van der Waals surface area (Å²) in [6, 6.07) is 0.444. The lowest BCUT2D eigenvalue weighted by atomic mass is 9.96. The third-order valence-electron chi connectivity index (χ3n) is 3.36. The standard InChI is InChI=1S/C13H26N2S/c1-6-13(7-2)9-16-12(15-13)14-11(5)8-10(3)4/h10-11H,6-9H2,1-5H3,(H,14,15). The van der Waals surface area contributed by atoms with Crippen LogP contribution in [0.5, 0.6) is 0 Å². The van der Waals surface area contributed by atoms with Crippen molar-refractivity contribution in [3.8, 4) is 0 Å². The van der Waals surface area contributed by atoms with Gasteiger partial charge in [0.25, 0.3) is 0 Å². The Hall–Kier alpha value is -0.180. The van der Waals surface area contributed by atoms with Crippen molar-refractivity contribution >= 4 is 16.9 Å². The molecule has 1 rings (SSSR count). The van der Waals surface area contributed by atoms with Crippen molar-refractivity contribution in [1.82, 2.24) is 5.32 Å². The molecule has 0 amide bonds. The van der Waals surface area contributed by atoms with Crippen LogP contribution < -0.4 is 5.32 Å². The lowest BCUT2D eigenvalue weighted by Gasteiger charge is -2.25. The van der Waals surface area contributed by atoms with E-state index in [0.29, 0.717) is 11.6 Å². The Balaban J connectivity index is 2.54. The molecule has 0 aromatic rings. The van der Waals surface area contributed by atoms with E-state index in [4.69, 9.17) is 4.99 Å². The molecule has 3 heteroatoms. The van der Waals surface area contributed by atoms with Gasteiger partial charge in [-0.3, -0.25) is 4.99 Å². The summed E-state index contributed by atoms with van der Waals surface area (Å²) in [5.74, 6) is 1.90. The van der Waals surface area contributed by atoms with Gasteiger partial charge in [-0.2, -0.15) is 0 Å². The number of aliphatic imine (C=N–C) groups is 1. The van der Waals surface area contributed by atoms with E-state index >= 15 is 0 Å². The second kappa shape index (κ2) is 5.95. The molecule has 1 atom stereocenters. The SMILES string of the molecule is CCC1(CC)CSC(=NC(C)CC(C)C)N1. The van der Waals surface area contributed by atoms with E-state index in [2.05, 4.69) is 39.9 Å². The van der Waals surface area contributed by atoms with Crippen molar-refractivity contribution in [1.29, 1.82) is 0 Å². The highest BCUT2D eigenvalue weighted by molar-refractivity contribution is 8.14. The molecule has 1 fully saturated rings. The quantitative estimate of drug-likeness (QED) is 0.795. The van der Waals surface area contributed by atoms with Gasteiger partial charge in [-0.25, -0.2) is 0 Å². The molecule has 1 saturated heterocycles. The maximum Gasteiger partial charge on any atom is 0.157 e. The first-order chi connectivity index (χ1) is 7.51. The van der Waals surface area contributed by atoms with Crippen LogP contribution in [0.2, 0.25) is 0 Å². The lowest BCUT2D eigenvalue weighted by Crippen LogP contribution is -2.42. The summed E-state index contributed by atoms with van der Waals surface area (Å²) < 4.78 is 0. The Morgan fingerprint density at radius 3 is 2.38 bits per heavy atom. The molecular weight excluding hydrogens is 216 g/mol. The molecule has 0 aliphatic carbocycles. The van der Waals surface area contributed by atoms with Gasteiger partial charge in [-0.15, -0.1) is 0 Å². The smallest absolute Gasteiger partial charge is 0.157 e. The summed E-state index contributed by atoms with van der Waals surface area (Å²) >= 11 is 1.89. The first kappa shape index (κ1) is 13.9. The first-order valence-corrected chi connectivity index (χ1v) is 7.48. The van der Waals surface area contributed by atoms with Crippen LogP contribution in [0.4, 0.5) is 0 Å². The van der Waals surface area contributed by atoms with Crippen molar-refractivity contribution in [2.75, 3.05) is 5.75 Å². The van der Waals surface area contributed by atoms with Crippen LogP contribution in [0, 0.1) is 5.92 Å². The molecule has 94 valence electrons. The maximum absolute atomic E-state index is 4.78. The summed E-state index contributed by atoms with van der Waals surface area (Å²) in [7, 11) is 0. The molecule has 0 saturated carbocycles. The van der Waals surface area contributed by atoms with Gasteiger partial charge in [0, 0.05) is 11.3 Å². The molecule has 0 spiro atoms. The van der Waals surface area contributed by atoms with Gasteiger partial charge < -0.3 is 5.32 Å². The number of rotatable bonds is 5. The Labute approximate surface area is 105 Å². The van der Waals surface area contributed by atoms with E-state index in [1.807, 2.05) is 11.8 Å². The highest BCUT2D eigenvalue weighted by atomic mass is 32.2. The number of nitrogens with zero attached hydrogens (tertiary/aromatic N) is 1. The zero-order valence-corrected chi connectivity index (χ0v) is 12.2. The fourth-order valence-electron chi connectivity index (χ4n) is 2.14. The predicted octanol–water partition coefficient (Wildman–Crippen LogP) is 3.67. The molecule has 0 radical (unpaired) electrons. The minimum atomic E-state index is 0.307. The number of thioether (sulfide) groups is 1. The molecule has 1 heterocycles. The van der Waals surface area contributed by atoms with Crippen molar-refractivity contribution < 1.29 is 0 Å². The monoisotopic (exact) mass is 242 g/mol. The number of hydrogen-bond acceptors (Lipinski definition) is 2. The van der Waals surface area contributed by atoms with Gasteiger partial charge in [0.1, 0.15) is 0 Å². The highest BCUT2D eigenvalue weighted by Crippen LogP contribution is 2.29. The zero-order chi connectivity index (χ0) is 12.2. The molecule has 1 aliphatic rings. The molecule has 1 N–H and O–H groups in total. The zero-order valence-electron chi connectivity index (χ0n) is 11.3. The predicted molar refractivity (Wildman–Crippen MR) is 75.3 cm³/mol. The summed E-state index contributed by atoms with van der Waals surface area (Å²) in [5, 5.41) is 4.78. The second-order valence-electron chi connectivity index (χ2n) is 5.31. The van der Waals surface area contributed by atoms with Gasteiger partial charge in [0.2, 0.25) is 0 Å². The Bertz CT molecular complexity index is 244. The van der Waals surface area contributed by atoms with E-state index < -0.39 is 0 Å². The van der Waals surface area contributed by atoms with Crippen LogP contribution in [0.1, 0.15) is 53.9 Å². The normalized spacial score (nSPS) is 23.8. The van der Waals surface area contributed by atoms with Gasteiger partial charge in [0.15, 0.2) is 5.17 Å². The lowest BCUT2D eigenvalue weighted by molar-refractivity contribution is 0.406. The van der Waals surface area contributed by atoms with Crippen LogP contribution in [-0.4, -0.2) is 22.5 Å². The van der Waals surface area contributed by atoms with Crippen LogP contribution in [-0.2, 0) is 0 Å². The van der Waals surface area contributed by atoms with Crippen molar-refractivity contribution in [3.63, 3.8) is 0 Å². The summed E-state index contributed by atoms with van der Waals surface area (Å²) in [6.07, 6.45) is 3.55. The first-order valence-electron chi connectivity index (χ1n) is 6.50. The molecular formula is C13H26N2S. The second-order valence-corrected chi connectivity index (χ2v) is 6.28. The van der Waals surface area contributed by atoms with Crippen molar-refractivity contribution in [2.45, 2.75) is 65.5 Å². The summed E-state index contributed by atoms with van der Waals surface area (Å²) in [6.45, 7) is 11.3. The van der Waals surface area contributed by atoms with E-state index in [0.717, 1.165) is 11.1 Å². The molecule has 0 bridgehead atoms.